The van der Waals surface area contributed by atoms with Crippen LogP contribution in [0.25, 0.3) is 0 Å². The van der Waals surface area contributed by atoms with Crippen molar-refractivity contribution in [2.75, 3.05) is 29.6 Å². The van der Waals surface area contributed by atoms with Gasteiger partial charge < -0.3 is 11.5 Å². The van der Waals surface area contributed by atoms with E-state index in [1.54, 1.807) is 11.8 Å². The largest absolute Gasteiger partial charge is 0.370 e. The number of sulfone groups is 1. The van der Waals surface area contributed by atoms with Gasteiger partial charge >= 0.3 is 0 Å². The van der Waals surface area contributed by atoms with Crippen LogP contribution in [-0.2, 0) is 14.6 Å². The third-order valence-electron chi connectivity index (χ3n) is 2.00. The molecule has 0 aliphatic heterocycles. The molecule has 1 amide bonds. The number of hydrogen-bond donors (Lipinski definition) is 2. The van der Waals surface area contributed by atoms with E-state index in [0.29, 0.717) is 18.2 Å². The molecule has 0 aromatic heterocycles. The van der Waals surface area contributed by atoms with E-state index in [0.717, 1.165) is 5.75 Å². The predicted molar refractivity (Wildman–Crippen MR) is 68.0 cm³/mol. The van der Waals surface area contributed by atoms with Crippen molar-refractivity contribution >= 4 is 27.5 Å². The molecular weight excluding hydrogens is 248 g/mol. The van der Waals surface area contributed by atoms with Crippen molar-refractivity contribution in [3.05, 3.63) is 0 Å². The van der Waals surface area contributed by atoms with Gasteiger partial charge in [0.25, 0.3) is 0 Å². The van der Waals surface area contributed by atoms with E-state index in [2.05, 4.69) is 0 Å². The smallest absolute Gasteiger partial charge is 0.218 e. The molecule has 0 rings (SSSR count). The van der Waals surface area contributed by atoms with Crippen molar-refractivity contribution in [2.24, 2.45) is 17.4 Å². The van der Waals surface area contributed by atoms with Crippen molar-refractivity contribution in [1.29, 1.82) is 0 Å². The van der Waals surface area contributed by atoms with Gasteiger partial charge in [0.1, 0.15) is 0 Å². The van der Waals surface area contributed by atoms with E-state index in [-0.39, 0.29) is 17.9 Å². The van der Waals surface area contributed by atoms with E-state index in [4.69, 9.17) is 11.5 Å². The standard InChI is InChI=1S/C9H20N2O3S2/c1-8(6-10)7-15-3-5-16(13,14)4-2-9(11)12/h8H,2-7,10H2,1H3,(H2,11,12). The highest BCUT2D eigenvalue weighted by Crippen LogP contribution is 2.08. The molecule has 1 atom stereocenters. The molecule has 0 aliphatic rings. The summed E-state index contributed by atoms with van der Waals surface area (Å²) in [7, 11) is -3.13. The Morgan fingerprint density at radius 2 is 2.00 bits per heavy atom. The Balaban J connectivity index is 3.70. The molecule has 16 heavy (non-hydrogen) atoms. The molecule has 0 aliphatic carbocycles. The van der Waals surface area contributed by atoms with Crippen LogP contribution >= 0.6 is 11.8 Å². The quantitative estimate of drug-likeness (QED) is 0.554. The Hall–Kier alpha value is -0.270. The molecule has 0 aromatic rings. The number of nitrogens with two attached hydrogens (primary N) is 2. The topological polar surface area (TPSA) is 103 Å². The molecule has 0 bridgehead atoms. The molecule has 0 saturated heterocycles. The fraction of sp³-hybridized carbons (Fsp3) is 0.889. The van der Waals surface area contributed by atoms with Crippen LogP contribution in [0.2, 0.25) is 0 Å². The summed E-state index contributed by atoms with van der Waals surface area (Å²) in [5, 5.41) is 0. The van der Waals surface area contributed by atoms with Crippen molar-refractivity contribution < 1.29 is 13.2 Å². The van der Waals surface area contributed by atoms with Gasteiger partial charge in [-0.1, -0.05) is 6.92 Å². The predicted octanol–water partition coefficient (Wildman–Crippen LogP) is -0.395. The van der Waals surface area contributed by atoms with Crippen LogP contribution in [0.5, 0.6) is 0 Å². The molecular formula is C9H20N2O3S2. The third-order valence-corrected chi connectivity index (χ3v) is 5.21. The molecule has 7 heteroatoms. The normalized spacial score (nSPS) is 13.6. The first-order valence-electron chi connectivity index (χ1n) is 5.14. The summed E-state index contributed by atoms with van der Waals surface area (Å²) in [6.07, 6.45) is -0.0911. The van der Waals surface area contributed by atoms with Gasteiger partial charge in [0.05, 0.1) is 11.5 Å². The minimum Gasteiger partial charge on any atom is -0.370 e. The number of primary amides is 1. The number of hydrogen-bond acceptors (Lipinski definition) is 5. The van der Waals surface area contributed by atoms with Gasteiger partial charge in [-0.2, -0.15) is 11.8 Å². The first kappa shape index (κ1) is 15.7. The van der Waals surface area contributed by atoms with E-state index in [1.165, 1.54) is 0 Å². The summed E-state index contributed by atoms with van der Waals surface area (Å²) in [6.45, 7) is 2.63. The summed E-state index contributed by atoms with van der Waals surface area (Å²) >= 11 is 1.57. The Kier molecular flexibility index (Phi) is 7.78. The lowest BCUT2D eigenvalue weighted by molar-refractivity contribution is -0.117. The summed E-state index contributed by atoms with van der Waals surface area (Å²) in [5.74, 6) is 1.19. The van der Waals surface area contributed by atoms with Crippen LogP contribution in [0.4, 0.5) is 0 Å². The number of amides is 1. The first-order valence-corrected chi connectivity index (χ1v) is 8.11. The molecule has 4 N–H and O–H groups in total. The number of rotatable bonds is 9. The molecule has 5 nitrogen and oxygen atoms in total. The average Bonchev–Trinajstić information content (AvgIpc) is 2.21. The van der Waals surface area contributed by atoms with Crippen LogP contribution in [0, 0.1) is 5.92 Å². The third kappa shape index (κ3) is 8.99. The van der Waals surface area contributed by atoms with Gasteiger partial charge in [-0.05, 0) is 18.2 Å². The van der Waals surface area contributed by atoms with Crippen LogP contribution in [0.1, 0.15) is 13.3 Å². The van der Waals surface area contributed by atoms with E-state index < -0.39 is 15.7 Å². The molecule has 0 aromatic carbocycles. The Morgan fingerprint density at radius 3 is 2.50 bits per heavy atom. The summed E-state index contributed by atoms with van der Waals surface area (Å²) < 4.78 is 22.8. The number of carbonyl (C=O) groups excluding carboxylic acids is 1. The lowest BCUT2D eigenvalue weighted by Gasteiger charge is -2.07. The van der Waals surface area contributed by atoms with Crippen molar-refractivity contribution in [3.8, 4) is 0 Å². The van der Waals surface area contributed by atoms with E-state index in [9.17, 15) is 13.2 Å². The van der Waals surface area contributed by atoms with E-state index >= 15 is 0 Å². The molecule has 0 radical (unpaired) electrons. The Bertz CT molecular complexity index is 304. The van der Waals surface area contributed by atoms with Gasteiger partial charge in [0.2, 0.25) is 5.91 Å². The molecule has 0 heterocycles. The maximum Gasteiger partial charge on any atom is 0.218 e. The summed E-state index contributed by atoms with van der Waals surface area (Å²) in [6, 6.07) is 0. The minimum absolute atomic E-state index is 0.0911. The van der Waals surface area contributed by atoms with Crippen LogP contribution in [-0.4, -0.2) is 43.9 Å². The van der Waals surface area contributed by atoms with Crippen molar-refractivity contribution in [1.82, 2.24) is 0 Å². The van der Waals surface area contributed by atoms with Crippen LogP contribution < -0.4 is 11.5 Å². The van der Waals surface area contributed by atoms with Gasteiger partial charge in [0, 0.05) is 12.2 Å². The van der Waals surface area contributed by atoms with Crippen molar-refractivity contribution in [3.63, 3.8) is 0 Å². The van der Waals surface area contributed by atoms with Gasteiger partial charge in [0.15, 0.2) is 9.84 Å². The average molecular weight is 268 g/mol. The van der Waals surface area contributed by atoms with Crippen LogP contribution in [0.15, 0.2) is 0 Å². The summed E-state index contributed by atoms with van der Waals surface area (Å²) in [5.41, 5.74) is 10.3. The fourth-order valence-corrected chi connectivity index (χ4v) is 3.81. The van der Waals surface area contributed by atoms with Gasteiger partial charge in [-0.25, -0.2) is 8.42 Å². The second-order valence-corrected chi connectivity index (χ2v) is 7.24. The minimum atomic E-state index is -3.13. The zero-order valence-electron chi connectivity index (χ0n) is 9.52. The van der Waals surface area contributed by atoms with Gasteiger partial charge in [-0.15, -0.1) is 0 Å². The summed E-state index contributed by atoms with van der Waals surface area (Å²) in [4.78, 5) is 10.4. The number of carbonyl (C=O) groups is 1. The lowest BCUT2D eigenvalue weighted by atomic mass is 10.2. The molecule has 0 fully saturated rings. The Labute approximate surface area is 101 Å². The molecule has 0 saturated carbocycles. The zero-order chi connectivity index (χ0) is 12.6. The highest BCUT2D eigenvalue weighted by Gasteiger charge is 2.12. The second kappa shape index (κ2) is 7.92. The maximum atomic E-state index is 11.4. The molecule has 0 spiro atoms. The highest BCUT2D eigenvalue weighted by atomic mass is 32.2. The highest BCUT2D eigenvalue weighted by molar-refractivity contribution is 8.00. The zero-order valence-corrected chi connectivity index (χ0v) is 11.1. The monoisotopic (exact) mass is 268 g/mol. The van der Waals surface area contributed by atoms with Crippen molar-refractivity contribution in [2.45, 2.75) is 13.3 Å². The maximum absolute atomic E-state index is 11.4. The second-order valence-electron chi connectivity index (χ2n) is 3.78. The molecule has 1 unspecified atom stereocenters. The van der Waals surface area contributed by atoms with E-state index in [1.807, 2.05) is 6.92 Å². The van der Waals surface area contributed by atoms with Gasteiger partial charge in [-0.3, -0.25) is 4.79 Å². The first-order chi connectivity index (χ1) is 7.37. The number of thioether (sulfide) groups is 1. The Morgan fingerprint density at radius 1 is 1.38 bits per heavy atom. The lowest BCUT2D eigenvalue weighted by Crippen LogP contribution is -2.20. The van der Waals surface area contributed by atoms with Crippen LogP contribution in [0.3, 0.4) is 0 Å². The fourth-order valence-electron chi connectivity index (χ4n) is 0.897. The SMILES string of the molecule is CC(CN)CSCCS(=O)(=O)CCC(N)=O. The molecule has 96 valence electrons.